The monoisotopic (exact) mass is 450 g/mol. The van der Waals surface area contributed by atoms with E-state index in [1.54, 1.807) is 11.0 Å². The average molecular weight is 451 g/mol. The van der Waals surface area contributed by atoms with E-state index < -0.39 is 6.04 Å². The molecule has 2 aromatic rings. The zero-order chi connectivity index (χ0) is 23.4. The number of nitrogens with two attached hydrogens (primary N) is 2. The Hall–Kier alpha value is -3.00. The minimum absolute atomic E-state index is 0.00999. The zero-order valence-corrected chi connectivity index (χ0v) is 19.3. The van der Waals surface area contributed by atoms with Crippen LogP contribution in [-0.4, -0.2) is 56.8 Å². The summed E-state index contributed by atoms with van der Waals surface area (Å²) in [6.45, 7) is 3.58. The number of allylic oxidation sites excluding steroid dienone is 1. The number of hydrogen-bond acceptors (Lipinski definition) is 6. The molecule has 176 valence electrons. The van der Waals surface area contributed by atoms with Gasteiger partial charge in [0.1, 0.15) is 18.2 Å². The van der Waals surface area contributed by atoms with Crippen molar-refractivity contribution in [1.82, 2.24) is 19.8 Å². The van der Waals surface area contributed by atoms with Crippen LogP contribution in [0.4, 0.5) is 5.82 Å². The van der Waals surface area contributed by atoms with Gasteiger partial charge in [-0.1, -0.05) is 25.5 Å². The summed E-state index contributed by atoms with van der Waals surface area (Å²) in [6.07, 6.45) is 10.7. The minimum Gasteiger partial charge on any atom is -0.383 e. The fourth-order valence-corrected chi connectivity index (χ4v) is 4.91. The topological polar surface area (TPSA) is 118 Å². The van der Waals surface area contributed by atoms with E-state index in [9.17, 15) is 9.59 Å². The van der Waals surface area contributed by atoms with Crippen LogP contribution in [0.5, 0.6) is 0 Å². The Morgan fingerprint density at radius 1 is 1.18 bits per heavy atom. The second kappa shape index (κ2) is 10.3. The maximum absolute atomic E-state index is 13.3. The molecule has 0 unspecified atom stereocenters. The normalized spacial score (nSPS) is 24.1. The van der Waals surface area contributed by atoms with Gasteiger partial charge in [0.25, 0.3) is 0 Å². The summed E-state index contributed by atoms with van der Waals surface area (Å²) in [4.78, 5) is 38.3. The van der Waals surface area contributed by atoms with Crippen LogP contribution < -0.4 is 11.5 Å². The molecule has 4 rings (SSSR count). The average Bonchev–Trinajstić information content (AvgIpc) is 2.81. The second-order valence-corrected chi connectivity index (χ2v) is 9.24. The van der Waals surface area contributed by atoms with E-state index in [4.69, 9.17) is 11.5 Å². The first kappa shape index (κ1) is 23.2. The van der Waals surface area contributed by atoms with Crippen LogP contribution >= 0.6 is 0 Å². The number of nitrogens with zero attached hydrogens (tertiary/aromatic N) is 4. The molecule has 1 aromatic heterocycles. The number of rotatable bonds is 6. The number of carbonyl (C=O) groups is 2. The Balaban J connectivity index is 1.43. The molecule has 1 saturated carbocycles. The Morgan fingerprint density at radius 3 is 2.73 bits per heavy atom. The van der Waals surface area contributed by atoms with Gasteiger partial charge in [0.15, 0.2) is 0 Å². The van der Waals surface area contributed by atoms with Crippen molar-refractivity contribution in [3.63, 3.8) is 0 Å². The first-order valence-electron chi connectivity index (χ1n) is 12.0. The molecular weight excluding hydrogens is 416 g/mol. The van der Waals surface area contributed by atoms with E-state index in [0.29, 0.717) is 37.8 Å². The number of fused-ring (bicyclic) bond motifs is 1. The molecule has 1 saturated heterocycles. The van der Waals surface area contributed by atoms with E-state index in [-0.39, 0.29) is 17.9 Å². The lowest BCUT2D eigenvalue weighted by atomic mass is 9.86. The van der Waals surface area contributed by atoms with Gasteiger partial charge >= 0.3 is 0 Å². The summed E-state index contributed by atoms with van der Waals surface area (Å²) >= 11 is 0. The van der Waals surface area contributed by atoms with Gasteiger partial charge in [0.2, 0.25) is 11.8 Å². The molecule has 1 atom stereocenters. The van der Waals surface area contributed by atoms with Crippen molar-refractivity contribution >= 4 is 28.5 Å². The van der Waals surface area contributed by atoms with Crippen molar-refractivity contribution in [3.8, 4) is 0 Å². The predicted octanol–water partition coefficient (Wildman–Crippen LogP) is 2.63. The highest BCUT2D eigenvalue weighted by molar-refractivity contribution is 5.94. The van der Waals surface area contributed by atoms with Gasteiger partial charge in [0.05, 0.1) is 5.52 Å². The summed E-state index contributed by atoms with van der Waals surface area (Å²) in [5.41, 5.74) is 13.7. The first-order valence-corrected chi connectivity index (χ1v) is 12.0. The van der Waals surface area contributed by atoms with Crippen LogP contribution in [0.3, 0.4) is 0 Å². The minimum atomic E-state index is -0.417. The van der Waals surface area contributed by atoms with Gasteiger partial charge in [-0.3, -0.25) is 9.59 Å². The molecule has 8 heteroatoms. The third-order valence-corrected chi connectivity index (χ3v) is 6.86. The number of amides is 2. The van der Waals surface area contributed by atoms with Gasteiger partial charge in [-0.05, 0) is 61.8 Å². The maximum atomic E-state index is 13.3. The molecule has 2 aliphatic rings. The molecular formula is C25H34N6O2. The number of aromatic nitrogens is 2. The highest BCUT2D eigenvalue weighted by Crippen LogP contribution is 2.25. The lowest BCUT2D eigenvalue weighted by molar-refractivity contribution is -0.150. The summed E-state index contributed by atoms with van der Waals surface area (Å²) < 4.78 is 0. The van der Waals surface area contributed by atoms with Crippen LogP contribution in [0.15, 0.2) is 36.7 Å². The fourth-order valence-electron chi connectivity index (χ4n) is 4.91. The Labute approximate surface area is 195 Å². The quantitative estimate of drug-likeness (QED) is 0.653. The molecule has 2 fully saturated rings. The largest absolute Gasteiger partial charge is 0.383 e. The fraction of sp³-hybridized carbons (Fsp3) is 0.520. The van der Waals surface area contributed by atoms with Crippen LogP contribution in [0, 0.1) is 5.92 Å². The van der Waals surface area contributed by atoms with Gasteiger partial charge in [-0.2, -0.15) is 0 Å². The Bertz CT molecular complexity index is 1030. The summed E-state index contributed by atoms with van der Waals surface area (Å²) in [5.74, 6) is 0.799. The van der Waals surface area contributed by atoms with E-state index in [1.807, 2.05) is 36.1 Å². The Kier molecular flexibility index (Phi) is 7.23. The smallest absolute Gasteiger partial charge is 0.246 e. The summed E-state index contributed by atoms with van der Waals surface area (Å²) in [5, 5.41) is 0.804. The number of benzene rings is 1. The van der Waals surface area contributed by atoms with Gasteiger partial charge in [-0.25, -0.2) is 9.97 Å². The molecule has 33 heavy (non-hydrogen) atoms. The third-order valence-electron chi connectivity index (χ3n) is 6.86. The maximum Gasteiger partial charge on any atom is 0.246 e. The number of carbonyl (C=O) groups excluding carboxylic acids is 2. The molecule has 4 N–H and O–H groups in total. The first-order chi connectivity index (χ1) is 16.0. The predicted molar refractivity (Wildman–Crippen MR) is 129 cm³/mol. The molecule has 1 aliphatic carbocycles. The lowest BCUT2D eigenvalue weighted by Gasteiger charge is -2.40. The lowest BCUT2D eigenvalue weighted by Crippen LogP contribution is -2.58. The van der Waals surface area contributed by atoms with Crippen molar-refractivity contribution in [1.29, 1.82) is 0 Å². The molecule has 2 amide bonds. The molecule has 1 aromatic carbocycles. The Morgan fingerprint density at radius 2 is 1.97 bits per heavy atom. The van der Waals surface area contributed by atoms with Crippen molar-refractivity contribution in [2.75, 3.05) is 18.8 Å². The van der Waals surface area contributed by atoms with Crippen LogP contribution in [-0.2, 0) is 16.1 Å². The number of anilines is 1. The number of piperazine rings is 1. The standard InChI is InChI=1S/C25H34N6O2/c1-2-3-22-25(33)30(15-18-6-10-20-21(14-18)28-16-29-24(20)27)12-13-31(22)23(32)11-7-17-4-8-19(26)9-5-17/h6-7,10-11,14,16-17,19,22H,2-5,8-9,12-13,15,26H2,1H3,(H2,27,28,29)/t17?,19?,22-/m0/s1. The van der Waals surface area contributed by atoms with Crippen LogP contribution in [0.25, 0.3) is 10.9 Å². The highest BCUT2D eigenvalue weighted by Gasteiger charge is 2.36. The van der Waals surface area contributed by atoms with Crippen molar-refractivity contribution in [2.45, 2.75) is 64.1 Å². The van der Waals surface area contributed by atoms with Gasteiger partial charge < -0.3 is 21.3 Å². The number of hydrogen-bond donors (Lipinski definition) is 2. The molecule has 8 nitrogen and oxygen atoms in total. The number of nitrogen functional groups attached to an aromatic ring is 1. The van der Waals surface area contributed by atoms with Crippen molar-refractivity contribution in [3.05, 3.63) is 42.2 Å². The second-order valence-electron chi connectivity index (χ2n) is 9.24. The van der Waals surface area contributed by atoms with Gasteiger partial charge in [-0.15, -0.1) is 0 Å². The van der Waals surface area contributed by atoms with Crippen LogP contribution in [0.2, 0.25) is 0 Å². The van der Waals surface area contributed by atoms with E-state index in [2.05, 4.69) is 9.97 Å². The molecule has 0 bridgehead atoms. The van der Waals surface area contributed by atoms with Crippen molar-refractivity contribution < 1.29 is 9.59 Å². The SMILES string of the molecule is CCC[C@H]1C(=O)N(Cc2ccc3c(N)ncnc3c2)CCN1C(=O)C=CC1CCC(N)CC1. The zero-order valence-electron chi connectivity index (χ0n) is 19.3. The van der Waals surface area contributed by atoms with Crippen LogP contribution in [0.1, 0.15) is 51.0 Å². The van der Waals surface area contributed by atoms with E-state index >= 15 is 0 Å². The van der Waals surface area contributed by atoms with Gasteiger partial charge in [0, 0.05) is 31.1 Å². The molecule has 2 heterocycles. The molecule has 0 spiro atoms. The molecule has 0 radical (unpaired) electrons. The van der Waals surface area contributed by atoms with E-state index in [0.717, 1.165) is 48.6 Å². The van der Waals surface area contributed by atoms with E-state index in [1.165, 1.54) is 6.33 Å². The summed E-state index contributed by atoms with van der Waals surface area (Å²) in [6, 6.07) is 5.68. The summed E-state index contributed by atoms with van der Waals surface area (Å²) in [7, 11) is 0. The van der Waals surface area contributed by atoms with Crippen molar-refractivity contribution in [2.24, 2.45) is 11.7 Å². The third kappa shape index (κ3) is 5.33. The highest BCUT2D eigenvalue weighted by atomic mass is 16.2. The molecule has 1 aliphatic heterocycles.